The van der Waals surface area contributed by atoms with Gasteiger partial charge >= 0.3 is 5.97 Å². The van der Waals surface area contributed by atoms with Crippen LogP contribution in [0.4, 0.5) is 5.69 Å². The zero-order chi connectivity index (χ0) is 14.7. The van der Waals surface area contributed by atoms with E-state index >= 15 is 0 Å². The number of halogens is 1. The molecule has 2 rings (SSSR count). The van der Waals surface area contributed by atoms with E-state index in [-0.39, 0.29) is 0 Å². The third kappa shape index (κ3) is 3.52. The lowest BCUT2D eigenvalue weighted by molar-refractivity contribution is 0.0696. The average Bonchev–Trinajstić information content (AvgIpc) is 2.38. The van der Waals surface area contributed by atoms with Gasteiger partial charge in [0.25, 0.3) is 0 Å². The van der Waals surface area contributed by atoms with Gasteiger partial charge in [-0.05, 0) is 34.0 Å². The van der Waals surface area contributed by atoms with E-state index in [0.29, 0.717) is 16.0 Å². The molecule has 20 heavy (non-hydrogen) atoms. The minimum absolute atomic E-state index is 0.366. The average molecular weight is 341 g/mol. The van der Waals surface area contributed by atoms with Gasteiger partial charge in [-0.15, -0.1) is 0 Å². The van der Waals surface area contributed by atoms with Crippen molar-refractivity contribution in [1.82, 2.24) is 4.90 Å². The molecule has 0 saturated carbocycles. The number of benzene rings is 1. The largest absolute Gasteiger partial charge is 0.478 e. The van der Waals surface area contributed by atoms with Crippen molar-refractivity contribution in [3.63, 3.8) is 0 Å². The number of nitrogens with zero attached hydrogens (tertiary/aromatic N) is 2. The molecule has 0 aliphatic carbocycles. The summed E-state index contributed by atoms with van der Waals surface area (Å²) >= 11 is 3.34. The highest BCUT2D eigenvalue weighted by Crippen LogP contribution is 2.28. The number of carboxylic acid groups (broad SMARTS) is 1. The van der Waals surface area contributed by atoms with Crippen LogP contribution in [0.3, 0.4) is 0 Å². The van der Waals surface area contributed by atoms with Crippen molar-refractivity contribution in [3.05, 3.63) is 28.2 Å². The Morgan fingerprint density at radius 2 is 1.95 bits per heavy atom. The lowest BCUT2D eigenvalue weighted by Gasteiger charge is -2.37. The minimum Gasteiger partial charge on any atom is -0.478 e. The summed E-state index contributed by atoms with van der Waals surface area (Å²) in [5.74, 6) is -0.209. The van der Waals surface area contributed by atoms with Crippen molar-refractivity contribution in [2.24, 2.45) is 5.92 Å². The van der Waals surface area contributed by atoms with Crippen LogP contribution < -0.4 is 4.90 Å². The van der Waals surface area contributed by atoms with E-state index in [1.54, 1.807) is 6.07 Å². The first-order valence-corrected chi connectivity index (χ1v) is 7.77. The summed E-state index contributed by atoms with van der Waals surface area (Å²) in [4.78, 5) is 16.0. The second-order valence-electron chi connectivity index (χ2n) is 5.62. The zero-order valence-corrected chi connectivity index (χ0v) is 13.6. The number of hydrogen-bond donors (Lipinski definition) is 1. The van der Waals surface area contributed by atoms with E-state index in [1.165, 1.54) is 0 Å². The number of carboxylic acids is 1. The molecule has 4 nitrogen and oxygen atoms in total. The predicted molar refractivity (Wildman–Crippen MR) is 84.6 cm³/mol. The number of piperazine rings is 1. The van der Waals surface area contributed by atoms with Crippen molar-refractivity contribution >= 4 is 27.6 Å². The van der Waals surface area contributed by atoms with E-state index in [0.717, 1.165) is 38.4 Å². The normalized spacial score (nSPS) is 16.7. The Balaban J connectivity index is 2.11. The van der Waals surface area contributed by atoms with Crippen molar-refractivity contribution in [3.8, 4) is 0 Å². The van der Waals surface area contributed by atoms with Gasteiger partial charge in [-0.2, -0.15) is 0 Å². The van der Waals surface area contributed by atoms with Crippen LogP contribution in [0, 0.1) is 5.92 Å². The molecular weight excluding hydrogens is 320 g/mol. The number of anilines is 1. The minimum atomic E-state index is -0.878. The van der Waals surface area contributed by atoms with Crippen LogP contribution in [0.15, 0.2) is 22.7 Å². The SMILES string of the molecule is CC(C)CN1CCN(c2cccc(Br)c2C(=O)O)CC1. The summed E-state index contributed by atoms with van der Waals surface area (Å²) in [6.45, 7) is 9.30. The molecule has 0 aromatic heterocycles. The molecule has 1 aromatic carbocycles. The van der Waals surface area contributed by atoms with Gasteiger partial charge in [0.15, 0.2) is 0 Å². The summed E-state index contributed by atoms with van der Waals surface area (Å²) in [5, 5.41) is 9.38. The first-order chi connectivity index (χ1) is 9.49. The first kappa shape index (κ1) is 15.3. The molecule has 0 amide bonds. The Morgan fingerprint density at radius 3 is 2.50 bits per heavy atom. The topological polar surface area (TPSA) is 43.8 Å². The van der Waals surface area contributed by atoms with Crippen LogP contribution in [0.1, 0.15) is 24.2 Å². The van der Waals surface area contributed by atoms with Crippen molar-refractivity contribution in [2.75, 3.05) is 37.6 Å². The van der Waals surface area contributed by atoms with Gasteiger partial charge < -0.3 is 10.0 Å². The number of carbonyl (C=O) groups is 1. The molecule has 1 aliphatic heterocycles. The quantitative estimate of drug-likeness (QED) is 0.915. The summed E-state index contributed by atoms with van der Waals surface area (Å²) in [6, 6.07) is 5.57. The molecular formula is C15H21BrN2O2. The molecule has 0 radical (unpaired) electrons. The van der Waals surface area contributed by atoms with E-state index < -0.39 is 5.97 Å². The van der Waals surface area contributed by atoms with Gasteiger partial charge in [0.05, 0.1) is 11.3 Å². The highest BCUT2D eigenvalue weighted by molar-refractivity contribution is 9.10. The van der Waals surface area contributed by atoms with Crippen LogP contribution in [0.2, 0.25) is 0 Å². The Morgan fingerprint density at radius 1 is 1.30 bits per heavy atom. The Kier molecular flexibility index (Phi) is 5.05. The standard InChI is InChI=1S/C15H21BrN2O2/c1-11(2)10-17-6-8-18(9-7-17)13-5-3-4-12(16)14(13)15(19)20/h3-5,11H,6-10H2,1-2H3,(H,19,20). The summed E-state index contributed by atoms with van der Waals surface area (Å²) < 4.78 is 0.645. The van der Waals surface area contributed by atoms with Gasteiger partial charge in [-0.3, -0.25) is 4.90 Å². The van der Waals surface area contributed by atoms with E-state index in [4.69, 9.17) is 0 Å². The van der Waals surface area contributed by atoms with Gasteiger partial charge in [-0.25, -0.2) is 4.79 Å². The van der Waals surface area contributed by atoms with Crippen LogP contribution >= 0.6 is 15.9 Å². The fourth-order valence-corrected chi connectivity index (χ4v) is 3.20. The molecule has 1 N–H and O–H groups in total. The fraction of sp³-hybridized carbons (Fsp3) is 0.533. The second-order valence-corrected chi connectivity index (χ2v) is 6.47. The van der Waals surface area contributed by atoms with Gasteiger partial charge in [0.2, 0.25) is 0 Å². The summed E-state index contributed by atoms with van der Waals surface area (Å²) in [6.07, 6.45) is 0. The number of aromatic carboxylic acids is 1. The van der Waals surface area contributed by atoms with Gasteiger partial charge in [0, 0.05) is 37.2 Å². The maximum absolute atomic E-state index is 11.4. The molecule has 110 valence electrons. The summed E-state index contributed by atoms with van der Waals surface area (Å²) in [7, 11) is 0. The third-order valence-electron chi connectivity index (χ3n) is 3.54. The van der Waals surface area contributed by atoms with E-state index in [1.807, 2.05) is 12.1 Å². The van der Waals surface area contributed by atoms with Gasteiger partial charge in [-0.1, -0.05) is 19.9 Å². The molecule has 0 unspecified atom stereocenters. The lowest BCUT2D eigenvalue weighted by Crippen LogP contribution is -2.47. The Bertz CT molecular complexity index is 483. The smallest absolute Gasteiger partial charge is 0.338 e. The molecule has 5 heteroatoms. The lowest BCUT2D eigenvalue weighted by atomic mass is 10.1. The first-order valence-electron chi connectivity index (χ1n) is 6.98. The van der Waals surface area contributed by atoms with Crippen LogP contribution in [0.5, 0.6) is 0 Å². The van der Waals surface area contributed by atoms with Crippen molar-refractivity contribution in [1.29, 1.82) is 0 Å². The molecule has 1 fully saturated rings. The van der Waals surface area contributed by atoms with E-state index in [2.05, 4.69) is 39.6 Å². The van der Waals surface area contributed by atoms with Crippen LogP contribution in [0.25, 0.3) is 0 Å². The van der Waals surface area contributed by atoms with Crippen molar-refractivity contribution < 1.29 is 9.90 Å². The molecule has 1 aromatic rings. The highest BCUT2D eigenvalue weighted by Gasteiger charge is 2.23. The molecule has 1 saturated heterocycles. The Labute approximate surface area is 128 Å². The zero-order valence-electron chi connectivity index (χ0n) is 12.0. The number of hydrogen-bond acceptors (Lipinski definition) is 3. The molecule has 1 aliphatic rings. The Hall–Kier alpha value is -1.07. The second kappa shape index (κ2) is 6.59. The third-order valence-corrected chi connectivity index (χ3v) is 4.20. The fourth-order valence-electron chi connectivity index (χ4n) is 2.68. The van der Waals surface area contributed by atoms with Crippen LogP contribution in [-0.2, 0) is 0 Å². The van der Waals surface area contributed by atoms with Crippen molar-refractivity contribution in [2.45, 2.75) is 13.8 Å². The van der Waals surface area contributed by atoms with E-state index in [9.17, 15) is 9.90 Å². The monoisotopic (exact) mass is 340 g/mol. The van der Waals surface area contributed by atoms with Gasteiger partial charge in [0.1, 0.15) is 0 Å². The maximum atomic E-state index is 11.4. The summed E-state index contributed by atoms with van der Waals surface area (Å²) in [5.41, 5.74) is 1.18. The molecule has 0 bridgehead atoms. The predicted octanol–water partition coefficient (Wildman–Crippen LogP) is 2.93. The van der Waals surface area contributed by atoms with Crippen LogP contribution in [-0.4, -0.2) is 48.7 Å². The molecule has 1 heterocycles. The maximum Gasteiger partial charge on any atom is 0.338 e. The molecule has 0 spiro atoms. The highest BCUT2D eigenvalue weighted by atomic mass is 79.9. The number of rotatable bonds is 4. The molecule has 0 atom stereocenters.